The van der Waals surface area contributed by atoms with Crippen LogP contribution in [0.5, 0.6) is 0 Å². The van der Waals surface area contributed by atoms with Gasteiger partial charge in [-0.2, -0.15) is 0 Å². The zero-order valence-corrected chi connectivity index (χ0v) is 36.2. The summed E-state index contributed by atoms with van der Waals surface area (Å²) in [7, 11) is -4.04. The third kappa shape index (κ3) is 11.0. The predicted molar refractivity (Wildman–Crippen MR) is 224 cm³/mol. The van der Waals surface area contributed by atoms with Gasteiger partial charge in [0.25, 0.3) is 14.4 Å². The summed E-state index contributed by atoms with van der Waals surface area (Å²) in [6, 6.07) is 9.28. The molecule has 0 bridgehead atoms. The van der Waals surface area contributed by atoms with Crippen LogP contribution in [0.1, 0.15) is 110 Å². The van der Waals surface area contributed by atoms with Crippen molar-refractivity contribution in [3.05, 3.63) is 65.4 Å². The summed E-state index contributed by atoms with van der Waals surface area (Å²) in [5.74, 6) is 9.45. The van der Waals surface area contributed by atoms with Gasteiger partial charge in [-0.25, -0.2) is 21.2 Å². The molecule has 3 heterocycles. The highest BCUT2D eigenvalue weighted by atomic mass is 31.2. The maximum absolute atomic E-state index is 13.5. The van der Waals surface area contributed by atoms with Crippen molar-refractivity contribution in [1.82, 2.24) is 19.2 Å². The zero-order chi connectivity index (χ0) is 40.3. The van der Waals surface area contributed by atoms with Crippen molar-refractivity contribution in [2.75, 3.05) is 18.5 Å². The lowest BCUT2D eigenvalue weighted by atomic mass is 10.1. The van der Waals surface area contributed by atoms with E-state index in [0.29, 0.717) is 47.2 Å². The number of carbonyl (C=O) groups is 1. The molecular weight excluding hydrogens is 728 g/mol. The smallest absolute Gasteiger partial charge is 0.259 e. The monoisotopic (exact) mass is 786 g/mol. The molecule has 2 unspecified atom stereocenters. The summed E-state index contributed by atoms with van der Waals surface area (Å²) in [6.07, 6.45) is 10.6. The number of ether oxygens (including phenoxy) is 1. The number of aromatic nitrogens is 3. The number of carbonyl (C=O) groups excluding carboxylic acids is 1. The molecule has 11 nitrogen and oxygen atoms in total. The molecule has 0 radical (unpaired) electrons. The Morgan fingerprint density at radius 1 is 1.13 bits per heavy atom. The highest BCUT2D eigenvalue weighted by molar-refractivity contribution is 7.44. The summed E-state index contributed by atoms with van der Waals surface area (Å²) >= 11 is 0. The minimum Gasteiger partial charge on any atom is -0.407 e. The van der Waals surface area contributed by atoms with E-state index in [-0.39, 0.29) is 42.3 Å². The first-order valence-electron chi connectivity index (χ1n) is 19.3. The number of hydrogen-bond donors (Lipinski definition) is 1. The molecule has 0 spiro atoms. The molecule has 1 aliphatic rings. The number of anilines is 1. The summed E-state index contributed by atoms with van der Waals surface area (Å²) in [5.41, 5.74) is 1.73. The first kappa shape index (κ1) is 44.1. The van der Waals surface area contributed by atoms with Crippen molar-refractivity contribution >= 4 is 39.6 Å². The van der Waals surface area contributed by atoms with Crippen LogP contribution in [-0.2, 0) is 18.2 Å². The van der Waals surface area contributed by atoms with Gasteiger partial charge in [0, 0.05) is 36.7 Å². The van der Waals surface area contributed by atoms with Crippen LogP contribution in [0.2, 0.25) is 18.1 Å². The summed E-state index contributed by atoms with van der Waals surface area (Å²) < 4.78 is 32.1. The van der Waals surface area contributed by atoms with Gasteiger partial charge in [0.2, 0.25) is 6.54 Å². The molecule has 13 heteroatoms. The van der Waals surface area contributed by atoms with E-state index in [1.807, 2.05) is 29.0 Å². The summed E-state index contributed by atoms with van der Waals surface area (Å²) in [5, 5.41) is 3.52. The van der Waals surface area contributed by atoms with Crippen LogP contribution in [0.25, 0.3) is 15.9 Å². The predicted octanol–water partition coefficient (Wildman–Crippen LogP) is 9.59. The van der Waals surface area contributed by atoms with E-state index in [1.165, 1.54) is 6.33 Å². The third-order valence-electron chi connectivity index (χ3n) is 10.0. The van der Waals surface area contributed by atoms with Crippen LogP contribution < -0.4 is 5.32 Å². The van der Waals surface area contributed by atoms with Crippen LogP contribution in [-0.4, -0.2) is 77.0 Å². The van der Waals surface area contributed by atoms with E-state index >= 15 is 0 Å². The van der Waals surface area contributed by atoms with E-state index in [1.54, 1.807) is 12.1 Å². The molecular formula is C42H59N6O5PSi. The van der Waals surface area contributed by atoms with Crippen LogP contribution >= 0.6 is 8.53 Å². The van der Waals surface area contributed by atoms with Crippen LogP contribution in [0, 0.1) is 30.8 Å². The van der Waals surface area contributed by atoms with Crippen molar-refractivity contribution in [2.45, 2.75) is 142 Å². The lowest BCUT2D eigenvalue weighted by molar-refractivity contribution is -0.0321. The Morgan fingerprint density at radius 3 is 2.44 bits per heavy atom. The van der Waals surface area contributed by atoms with Gasteiger partial charge < -0.3 is 32.9 Å². The van der Waals surface area contributed by atoms with Crippen molar-refractivity contribution < 1.29 is 23.0 Å². The number of nitrogens with one attached hydrogen (secondary N) is 1. The fourth-order valence-corrected chi connectivity index (χ4v) is 9.30. The normalized spacial score (nSPS) is 19.3. The first-order valence-corrected chi connectivity index (χ1v) is 23.4. The molecule has 4 rings (SSSR count). The van der Waals surface area contributed by atoms with Gasteiger partial charge in [0.1, 0.15) is 36.6 Å². The van der Waals surface area contributed by atoms with Crippen molar-refractivity contribution in [3.63, 3.8) is 0 Å². The second kappa shape index (κ2) is 20.0. The molecule has 0 aliphatic carbocycles. The van der Waals surface area contributed by atoms with Gasteiger partial charge in [0.15, 0.2) is 14.5 Å². The fourth-order valence-electron chi connectivity index (χ4n) is 6.26. The molecule has 296 valence electrons. The Bertz CT molecular complexity index is 1860. The van der Waals surface area contributed by atoms with E-state index in [9.17, 15) is 4.79 Å². The zero-order valence-electron chi connectivity index (χ0n) is 34.3. The van der Waals surface area contributed by atoms with Gasteiger partial charge in [-0.05, 0) is 77.2 Å². The molecule has 3 aromatic rings. The molecule has 2 aromatic heterocycles. The highest BCUT2D eigenvalue weighted by Gasteiger charge is 2.53. The number of amides is 1. The Morgan fingerprint density at radius 2 is 1.82 bits per heavy atom. The van der Waals surface area contributed by atoms with Crippen LogP contribution in [0.15, 0.2) is 42.9 Å². The highest BCUT2D eigenvalue weighted by Crippen LogP contribution is 2.52. The Hall–Kier alpha value is -3.63. The maximum Gasteiger partial charge on any atom is 0.259 e. The molecule has 1 N–H and O–H groups in total. The second-order valence-corrected chi connectivity index (χ2v) is 22.0. The van der Waals surface area contributed by atoms with Gasteiger partial charge in [-0.3, -0.25) is 4.79 Å². The minimum absolute atomic E-state index is 0.114. The van der Waals surface area contributed by atoms with Crippen LogP contribution in [0.3, 0.4) is 0 Å². The third-order valence-corrected chi connectivity index (χ3v) is 16.6. The lowest BCUT2D eigenvalue weighted by Gasteiger charge is -2.42. The molecule has 1 fully saturated rings. The SMILES string of the molecule is [C-]#[N+]CCOP(OC1[C@@H](CC)O[C@@H](n2cc(C#CCCCCC#C)c3c(NC(=O)c4ccccc4)ncnc32)[C@H]1O[Si](C)(C)C(C)(C)C)N(C(C)C)C(C)C. The number of benzene rings is 1. The number of terminal acetylenes is 1. The molecule has 1 aromatic carbocycles. The lowest BCUT2D eigenvalue weighted by Crippen LogP contribution is -2.49. The molecule has 1 amide bonds. The fraction of sp³-hybridized carbons (Fsp3) is 0.571. The average molecular weight is 787 g/mol. The van der Waals surface area contributed by atoms with Gasteiger partial charge in [-0.1, -0.05) is 57.7 Å². The van der Waals surface area contributed by atoms with E-state index in [4.69, 9.17) is 36.2 Å². The largest absolute Gasteiger partial charge is 0.407 e. The minimum atomic E-state index is -2.44. The standard InChI is InChI=1S/C42H59N6O5PSi/c1-13-15-16-17-18-20-25-33-28-47(39-35(33)38(44-29-45-39)46-40(49)32-23-21-19-22-24-32)41-37(53-55(11,12)42(7,8)9)36(34(14-2)51-41)52-54(50-27-26-43-10)48(30(3)4)31(5)6/h1,19,21-24,28-31,34,36-37,41H,14-18,26-27H2,2-9,11-12H3,(H,44,45,46,49)/t34-,36?,37+,41-,54?/m1/s1. The topological polar surface area (TPSA) is 104 Å². The Labute approximate surface area is 331 Å². The van der Waals surface area contributed by atoms with E-state index in [0.717, 1.165) is 12.8 Å². The van der Waals surface area contributed by atoms with Crippen LogP contribution in [0.4, 0.5) is 5.82 Å². The quantitative estimate of drug-likeness (QED) is 0.0475. The van der Waals surface area contributed by atoms with Crippen molar-refractivity contribution in [2.24, 2.45) is 0 Å². The first-order chi connectivity index (χ1) is 26.1. The Balaban J connectivity index is 1.88. The number of unbranched alkanes of at least 4 members (excludes halogenated alkanes) is 3. The van der Waals surface area contributed by atoms with E-state index in [2.05, 4.69) is 106 Å². The number of nitrogens with zero attached hydrogens (tertiary/aromatic N) is 5. The Kier molecular flexibility index (Phi) is 16.0. The van der Waals surface area contributed by atoms with Crippen molar-refractivity contribution in [3.8, 4) is 24.2 Å². The molecule has 1 aliphatic heterocycles. The number of fused-ring (bicyclic) bond motifs is 1. The second-order valence-electron chi connectivity index (χ2n) is 15.8. The van der Waals surface area contributed by atoms with Crippen molar-refractivity contribution in [1.29, 1.82) is 0 Å². The maximum atomic E-state index is 13.5. The average Bonchev–Trinajstić information content (AvgIpc) is 3.66. The van der Waals surface area contributed by atoms with Gasteiger partial charge in [0.05, 0.1) is 17.1 Å². The molecule has 55 heavy (non-hydrogen) atoms. The van der Waals surface area contributed by atoms with E-state index < -0.39 is 35.3 Å². The van der Waals surface area contributed by atoms with Gasteiger partial charge in [-0.15, -0.1) is 12.3 Å². The molecule has 1 saturated heterocycles. The van der Waals surface area contributed by atoms with Gasteiger partial charge >= 0.3 is 0 Å². The number of rotatable bonds is 17. The summed E-state index contributed by atoms with van der Waals surface area (Å²) in [6.45, 7) is 29.6. The molecule has 0 saturated carbocycles. The number of hydrogen-bond acceptors (Lipinski definition) is 8. The molecule has 5 atom stereocenters. The summed E-state index contributed by atoms with van der Waals surface area (Å²) in [4.78, 5) is 26.3.